The average Bonchev–Trinajstić information content (AvgIpc) is 2.39. The zero-order valence-corrected chi connectivity index (χ0v) is 12.6. The average molecular weight is 283 g/mol. The third-order valence-corrected chi connectivity index (χ3v) is 3.43. The van der Waals surface area contributed by atoms with Crippen LogP contribution in [-0.4, -0.2) is 38.1 Å². The molecule has 0 atom stereocenters. The molecular weight excluding hydrogens is 261 g/mol. The first-order valence-corrected chi connectivity index (χ1v) is 7.75. The maximum atomic E-state index is 13.0. The van der Waals surface area contributed by atoms with Gasteiger partial charge in [-0.05, 0) is 42.9 Å². The van der Waals surface area contributed by atoms with Crippen LogP contribution in [0.5, 0.6) is 0 Å². The van der Waals surface area contributed by atoms with Gasteiger partial charge in [0.15, 0.2) is 5.96 Å². The molecule has 1 aromatic carbocycles. The summed E-state index contributed by atoms with van der Waals surface area (Å²) in [4.78, 5) is 4.15. The first-order chi connectivity index (χ1) is 9.17. The number of hydrogen-bond acceptors (Lipinski definition) is 2. The van der Waals surface area contributed by atoms with Gasteiger partial charge in [0.25, 0.3) is 0 Å². The number of hydrogen-bond donors (Lipinski definition) is 2. The largest absolute Gasteiger partial charge is 0.356 e. The van der Waals surface area contributed by atoms with Gasteiger partial charge in [-0.3, -0.25) is 4.99 Å². The summed E-state index contributed by atoms with van der Waals surface area (Å²) < 4.78 is 13.0. The molecule has 0 aliphatic carbocycles. The van der Waals surface area contributed by atoms with Gasteiger partial charge in [-0.1, -0.05) is 6.07 Å². The molecule has 0 amide bonds. The Bertz CT molecular complexity index is 421. The number of halogens is 1. The molecule has 0 aliphatic heterocycles. The lowest BCUT2D eigenvalue weighted by Gasteiger charge is -2.12. The normalized spacial score (nSPS) is 11.5. The van der Waals surface area contributed by atoms with E-state index in [0.717, 1.165) is 42.3 Å². The molecule has 2 N–H and O–H groups in total. The summed E-state index contributed by atoms with van der Waals surface area (Å²) >= 11 is 1.80. The fourth-order valence-corrected chi connectivity index (χ4v) is 2.05. The number of benzene rings is 1. The quantitative estimate of drug-likeness (QED) is 0.477. The van der Waals surface area contributed by atoms with Crippen LogP contribution in [0.3, 0.4) is 0 Å². The molecule has 0 aliphatic rings. The van der Waals surface area contributed by atoms with E-state index in [1.165, 1.54) is 6.07 Å². The molecule has 0 saturated carbocycles. The van der Waals surface area contributed by atoms with E-state index >= 15 is 0 Å². The van der Waals surface area contributed by atoms with Crippen LogP contribution in [0.2, 0.25) is 0 Å². The van der Waals surface area contributed by atoms with Gasteiger partial charge < -0.3 is 10.6 Å². The molecule has 0 aromatic heterocycles. The van der Waals surface area contributed by atoms with E-state index in [1.54, 1.807) is 24.9 Å². The van der Waals surface area contributed by atoms with Crippen LogP contribution in [0.1, 0.15) is 11.1 Å². The SMILES string of the molecule is CN=C(NCCSC)NCCc1ccc(F)cc1C. The highest BCUT2D eigenvalue weighted by molar-refractivity contribution is 7.98. The molecule has 0 heterocycles. The first kappa shape index (κ1) is 15.8. The Morgan fingerprint density at radius 1 is 1.32 bits per heavy atom. The Hall–Kier alpha value is -1.23. The Balaban J connectivity index is 2.36. The Morgan fingerprint density at radius 3 is 2.68 bits per heavy atom. The number of aliphatic imine (C=N–C) groups is 1. The van der Waals surface area contributed by atoms with Crippen molar-refractivity contribution in [3.8, 4) is 0 Å². The topological polar surface area (TPSA) is 36.4 Å². The van der Waals surface area contributed by atoms with Crippen molar-refractivity contribution in [1.29, 1.82) is 0 Å². The van der Waals surface area contributed by atoms with Gasteiger partial charge in [-0.2, -0.15) is 11.8 Å². The molecule has 0 radical (unpaired) electrons. The Morgan fingerprint density at radius 2 is 2.05 bits per heavy atom. The van der Waals surface area contributed by atoms with Crippen LogP contribution < -0.4 is 10.6 Å². The van der Waals surface area contributed by atoms with Crippen LogP contribution in [0.15, 0.2) is 23.2 Å². The first-order valence-electron chi connectivity index (χ1n) is 6.36. The summed E-state index contributed by atoms with van der Waals surface area (Å²) in [5.41, 5.74) is 2.15. The maximum absolute atomic E-state index is 13.0. The van der Waals surface area contributed by atoms with Crippen LogP contribution in [0.4, 0.5) is 4.39 Å². The molecular formula is C14H22FN3S. The second kappa shape index (κ2) is 8.80. The second-order valence-electron chi connectivity index (χ2n) is 4.24. The molecule has 1 aromatic rings. The molecule has 0 bridgehead atoms. The number of guanidine groups is 1. The van der Waals surface area contributed by atoms with E-state index < -0.39 is 0 Å². The van der Waals surface area contributed by atoms with Crippen molar-refractivity contribution in [1.82, 2.24) is 10.6 Å². The minimum atomic E-state index is -0.177. The van der Waals surface area contributed by atoms with Gasteiger partial charge in [0.05, 0.1) is 0 Å². The number of nitrogens with zero attached hydrogens (tertiary/aromatic N) is 1. The van der Waals surface area contributed by atoms with Gasteiger partial charge in [0, 0.05) is 25.9 Å². The Labute approximate surface area is 119 Å². The molecule has 0 unspecified atom stereocenters. The Kier molecular flexibility index (Phi) is 7.33. The van der Waals surface area contributed by atoms with E-state index in [-0.39, 0.29) is 5.82 Å². The second-order valence-corrected chi connectivity index (χ2v) is 5.22. The van der Waals surface area contributed by atoms with Crippen molar-refractivity contribution in [3.63, 3.8) is 0 Å². The van der Waals surface area contributed by atoms with E-state index in [9.17, 15) is 4.39 Å². The fourth-order valence-electron chi connectivity index (χ4n) is 1.75. The third kappa shape index (κ3) is 5.96. The molecule has 0 spiro atoms. The van der Waals surface area contributed by atoms with Crippen LogP contribution >= 0.6 is 11.8 Å². The zero-order chi connectivity index (χ0) is 14.1. The minimum absolute atomic E-state index is 0.177. The van der Waals surface area contributed by atoms with Crippen LogP contribution in [0.25, 0.3) is 0 Å². The molecule has 0 fully saturated rings. The van der Waals surface area contributed by atoms with Gasteiger partial charge >= 0.3 is 0 Å². The van der Waals surface area contributed by atoms with Crippen molar-refractivity contribution in [2.75, 3.05) is 32.1 Å². The molecule has 1 rings (SSSR count). The summed E-state index contributed by atoms with van der Waals surface area (Å²) in [7, 11) is 1.76. The molecule has 0 saturated heterocycles. The molecule has 3 nitrogen and oxygen atoms in total. The summed E-state index contributed by atoms with van der Waals surface area (Å²) in [6.45, 7) is 3.62. The van der Waals surface area contributed by atoms with Crippen molar-refractivity contribution in [2.24, 2.45) is 4.99 Å². The minimum Gasteiger partial charge on any atom is -0.356 e. The predicted molar refractivity (Wildman–Crippen MR) is 82.6 cm³/mol. The number of nitrogens with one attached hydrogen (secondary N) is 2. The monoisotopic (exact) mass is 283 g/mol. The summed E-state index contributed by atoms with van der Waals surface area (Å²) in [5.74, 6) is 1.69. The highest BCUT2D eigenvalue weighted by Crippen LogP contribution is 2.10. The van der Waals surface area contributed by atoms with Crippen LogP contribution in [-0.2, 0) is 6.42 Å². The zero-order valence-electron chi connectivity index (χ0n) is 11.8. The lowest BCUT2D eigenvalue weighted by atomic mass is 10.1. The highest BCUT2D eigenvalue weighted by Gasteiger charge is 2.01. The van der Waals surface area contributed by atoms with E-state index in [0.29, 0.717) is 0 Å². The lowest BCUT2D eigenvalue weighted by Crippen LogP contribution is -2.39. The van der Waals surface area contributed by atoms with Crippen molar-refractivity contribution < 1.29 is 4.39 Å². The van der Waals surface area contributed by atoms with Crippen molar-refractivity contribution in [3.05, 3.63) is 35.1 Å². The summed E-state index contributed by atoms with van der Waals surface area (Å²) in [5, 5.41) is 6.49. The third-order valence-electron chi connectivity index (χ3n) is 2.81. The summed E-state index contributed by atoms with van der Waals surface area (Å²) in [6, 6.07) is 4.92. The van der Waals surface area contributed by atoms with Crippen molar-refractivity contribution in [2.45, 2.75) is 13.3 Å². The molecule has 5 heteroatoms. The van der Waals surface area contributed by atoms with Crippen LogP contribution in [0, 0.1) is 12.7 Å². The lowest BCUT2D eigenvalue weighted by molar-refractivity contribution is 0.625. The number of rotatable bonds is 6. The number of aryl methyl sites for hydroxylation is 1. The smallest absolute Gasteiger partial charge is 0.191 e. The molecule has 106 valence electrons. The number of thioether (sulfide) groups is 1. The van der Waals surface area contributed by atoms with Gasteiger partial charge in [0.2, 0.25) is 0 Å². The van der Waals surface area contributed by atoms with Gasteiger partial charge in [0.1, 0.15) is 5.82 Å². The highest BCUT2D eigenvalue weighted by atomic mass is 32.2. The maximum Gasteiger partial charge on any atom is 0.191 e. The fraction of sp³-hybridized carbons (Fsp3) is 0.500. The standard InChI is InChI=1S/C14H22FN3S/c1-11-10-13(15)5-4-12(11)6-7-17-14(16-2)18-8-9-19-3/h4-5,10H,6-9H2,1-3H3,(H2,16,17,18). The summed E-state index contributed by atoms with van der Waals surface area (Å²) in [6.07, 6.45) is 2.94. The van der Waals surface area contributed by atoms with Crippen molar-refractivity contribution >= 4 is 17.7 Å². The van der Waals surface area contributed by atoms with Gasteiger partial charge in [-0.15, -0.1) is 0 Å². The van der Waals surface area contributed by atoms with E-state index in [1.807, 2.05) is 13.0 Å². The van der Waals surface area contributed by atoms with Gasteiger partial charge in [-0.25, -0.2) is 4.39 Å². The van der Waals surface area contributed by atoms with E-state index in [2.05, 4.69) is 21.9 Å². The van der Waals surface area contributed by atoms with E-state index in [4.69, 9.17) is 0 Å². The predicted octanol–water partition coefficient (Wildman–Crippen LogP) is 2.20. The molecule has 19 heavy (non-hydrogen) atoms.